The second-order valence-corrected chi connectivity index (χ2v) is 5.42. The fourth-order valence-electron chi connectivity index (χ4n) is 2.74. The average Bonchev–Trinajstić information content (AvgIpc) is 2.92. The first-order valence-electron chi connectivity index (χ1n) is 6.79. The topological polar surface area (TPSA) is 29.1 Å². The molecule has 1 N–H and O–H groups in total. The number of halogens is 1. The van der Waals surface area contributed by atoms with Gasteiger partial charge in [0.25, 0.3) is 0 Å². The standard InChI is InChI=1S/C17H16ClNO/c18-11-14-7-3-4-8-16(14)19-17(20)15-9-12-5-1-2-6-13(12)10-15/h1-8,15H,9-11H2,(H,19,20). The molecule has 0 aromatic heterocycles. The normalized spacial score (nSPS) is 14.1. The van der Waals surface area contributed by atoms with E-state index in [4.69, 9.17) is 11.6 Å². The van der Waals surface area contributed by atoms with Crippen molar-refractivity contribution in [3.63, 3.8) is 0 Å². The molecule has 0 aliphatic heterocycles. The first-order chi connectivity index (χ1) is 9.78. The van der Waals surface area contributed by atoms with Crippen molar-refractivity contribution < 1.29 is 4.79 Å². The maximum absolute atomic E-state index is 12.4. The van der Waals surface area contributed by atoms with Crippen molar-refractivity contribution in [2.45, 2.75) is 18.7 Å². The number of fused-ring (bicyclic) bond motifs is 1. The lowest BCUT2D eigenvalue weighted by atomic mass is 10.1. The summed E-state index contributed by atoms with van der Waals surface area (Å²) >= 11 is 5.90. The molecule has 2 aromatic rings. The van der Waals surface area contributed by atoms with E-state index in [9.17, 15) is 4.79 Å². The van der Waals surface area contributed by atoms with Crippen molar-refractivity contribution in [3.05, 3.63) is 65.2 Å². The lowest BCUT2D eigenvalue weighted by molar-refractivity contribution is -0.119. The summed E-state index contributed by atoms with van der Waals surface area (Å²) in [6.07, 6.45) is 1.65. The minimum atomic E-state index is 0.0239. The highest BCUT2D eigenvalue weighted by Gasteiger charge is 2.27. The van der Waals surface area contributed by atoms with Crippen LogP contribution >= 0.6 is 11.6 Å². The first-order valence-corrected chi connectivity index (χ1v) is 7.33. The average molecular weight is 286 g/mol. The number of amides is 1. The molecule has 3 heteroatoms. The molecule has 3 rings (SSSR count). The maximum atomic E-state index is 12.4. The van der Waals surface area contributed by atoms with Gasteiger partial charge in [-0.1, -0.05) is 42.5 Å². The molecule has 0 fully saturated rings. The molecule has 1 aliphatic carbocycles. The van der Waals surface area contributed by atoms with Gasteiger partial charge in [0.2, 0.25) is 5.91 Å². The highest BCUT2D eigenvalue weighted by molar-refractivity contribution is 6.17. The van der Waals surface area contributed by atoms with Crippen molar-refractivity contribution in [1.29, 1.82) is 0 Å². The van der Waals surface area contributed by atoms with Gasteiger partial charge in [-0.25, -0.2) is 0 Å². The van der Waals surface area contributed by atoms with Gasteiger partial charge in [0.05, 0.1) is 0 Å². The minimum Gasteiger partial charge on any atom is -0.326 e. The van der Waals surface area contributed by atoms with Gasteiger partial charge in [0, 0.05) is 17.5 Å². The monoisotopic (exact) mass is 285 g/mol. The van der Waals surface area contributed by atoms with E-state index in [1.54, 1.807) is 0 Å². The molecule has 0 heterocycles. The van der Waals surface area contributed by atoms with Crippen LogP contribution in [0.3, 0.4) is 0 Å². The number of anilines is 1. The van der Waals surface area contributed by atoms with E-state index in [-0.39, 0.29) is 11.8 Å². The number of carbonyl (C=O) groups is 1. The SMILES string of the molecule is O=C(Nc1ccccc1CCl)C1Cc2ccccc2C1. The Morgan fingerprint density at radius 2 is 1.65 bits per heavy atom. The highest BCUT2D eigenvalue weighted by atomic mass is 35.5. The smallest absolute Gasteiger partial charge is 0.228 e. The Bertz CT molecular complexity index is 613. The summed E-state index contributed by atoms with van der Waals surface area (Å²) in [7, 11) is 0. The van der Waals surface area contributed by atoms with Gasteiger partial charge in [0.15, 0.2) is 0 Å². The largest absolute Gasteiger partial charge is 0.326 e. The summed E-state index contributed by atoms with van der Waals surface area (Å²) in [5.74, 6) is 0.510. The van der Waals surface area contributed by atoms with Crippen LogP contribution < -0.4 is 5.32 Å². The van der Waals surface area contributed by atoms with E-state index in [0.717, 1.165) is 24.1 Å². The Labute approximate surface area is 123 Å². The fourth-order valence-corrected chi connectivity index (χ4v) is 2.97. The third-order valence-corrected chi connectivity index (χ3v) is 4.13. The van der Waals surface area contributed by atoms with E-state index in [1.807, 2.05) is 36.4 Å². The minimum absolute atomic E-state index is 0.0239. The van der Waals surface area contributed by atoms with Crippen molar-refractivity contribution in [3.8, 4) is 0 Å². The lowest BCUT2D eigenvalue weighted by Crippen LogP contribution is -2.23. The Balaban J connectivity index is 1.72. The van der Waals surface area contributed by atoms with Crippen LogP contribution in [-0.2, 0) is 23.5 Å². The second-order valence-electron chi connectivity index (χ2n) is 5.15. The van der Waals surface area contributed by atoms with Gasteiger partial charge in [-0.05, 0) is 35.6 Å². The van der Waals surface area contributed by atoms with Crippen molar-refractivity contribution >= 4 is 23.2 Å². The molecule has 102 valence electrons. The highest BCUT2D eigenvalue weighted by Crippen LogP contribution is 2.28. The van der Waals surface area contributed by atoms with Crippen LogP contribution in [-0.4, -0.2) is 5.91 Å². The number of para-hydroxylation sites is 1. The Morgan fingerprint density at radius 3 is 2.30 bits per heavy atom. The van der Waals surface area contributed by atoms with Crippen LogP contribution in [0.1, 0.15) is 16.7 Å². The van der Waals surface area contributed by atoms with Crippen LogP contribution in [0, 0.1) is 5.92 Å². The maximum Gasteiger partial charge on any atom is 0.228 e. The summed E-state index contributed by atoms with van der Waals surface area (Å²) in [5, 5.41) is 3.01. The van der Waals surface area contributed by atoms with E-state index in [0.29, 0.717) is 5.88 Å². The summed E-state index contributed by atoms with van der Waals surface area (Å²) < 4.78 is 0. The van der Waals surface area contributed by atoms with Crippen molar-refractivity contribution in [2.24, 2.45) is 5.92 Å². The number of hydrogen-bond donors (Lipinski definition) is 1. The third-order valence-electron chi connectivity index (χ3n) is 3.84. The Kier molecular flexibility index (Phi) is 3.75. The van der Waals surface area contributed by atoms with Crippen LogP contribution in [0.2, 0.25) is 0 Å². The molecule has 0 radical (unpaired) electrons. The summed E-state index contributed by atoms with van der Waals surface area (Å²) in [5.41, 5.74) is 4.36. The number of carbonyl (C=O) groups excluding carboxylic acids is 1. The van der Waals surface area contributed by atoms with Crippen LogP contribution in [0.25, 0.3) is 0 Å². The molecule has 0 unspecified atom stereocenters. The third kappa shape index (κ3) is 2.56. The van der Waals surface area contributed by atoms with Crippen LogP contribution in [0.4, 0.5) is 5.69 Å². The van der Waals surface area contributed by atoms with Crippen molar-refractivity contribution in [2.75, 3.05) is 5.32 Å². The Hall–Kier alpha value is -1.80. The lowest BCUT2D eigenvalue weighted by Gasteiger charge is -2.13. The molecule has 0 atom stereocenters. The van der Waals surface area contributed by atoms with Crippen LogP contribution in [0.5, 0.6) is 0 Å². The summed E-state index contributed by atoms with van der Waals surface area (Å²) in [4.78, 5) is 12.4. The van der Waals surface area contributed by atoms with Gasteiger partial charge < -0.3 is 5.32 Å². The molecule has 0 saturated carbocycles. The summed E-state index contributed by atoms with van der Waals surface area (Å²) in [6.45, 7) is 0. The zero-order valence-corrected chi connectivity index (χ0v) is 11.9. The molecule has 1 amide bonds. The molecule has 20 heavy (non-hydrogen) atoms. The van der Waals surface area contributed by atoms with E-state index in [2.05, 4.69) is 17.4 Å². The quantitative estimate of drug-likeness (QED) is 0.855. The number of benzene rings is 2. The predicted octanol–water partition coefficient (Wildman–Crippen LogP) is 3.78. The summed E-state index contributed by atoms with van der Waals surface area (Å²) in [6, 6.07) is 16.0. The second kappa shape index (κ2) is 5.68. The van der Waals surface area contributed by atoms with Gasteiger partial charge in [-0.2, -0.15) is 0 Å². The van der Waals surface area contributed by atoms with Crippen LogP contribution in [0.15, 0.2) is 48.5 Å². The first kappa shape index (κ1) is 13.2. The number of alkyl halides is 1. The van der Waals surface area contributed by atoms with E-state index in [1.165, 1.54) is 11.1 Å². The van der Waals surface area contributed by atoms with Gasteiger partial charge in [0.1, 0.15) is 0 Å². The van der Waals surface area contributed by atoms with Gasteiger partial charge >= 0.3 is 0 Å². The molecule has 2 aromatic carbocycles. The van der Waals surface area contributed by atoms with Gasteiger partial charge in [-0.3, -0.25) is 4.79 Å². The molecule has 1 aliphatic rings. The van der Waals surface area contributed by atoms with E-state index >= 15 is 0 Å². The molecular formula is C17H16ClNO. The van der Waals surface area contributed by atoms with Crippen molar-refractivity contribution in [1.82, 2.24) is 0 Å². The molecule has 0 spiro atoms. The van der Waals surface area contributed by atoms with Gasteiger partial charge in [-0.15, -0.1) is 11.6 Å². The zero-order chi connectivity index (χ0) is 13.9. The number of hydrogen-bond acceptors (Lipinski definition) is 1. The molecule has 0 bridgehead atoms. The fraction of sp³-hybridized carbons (Fsp3) is 0.235. The number of rotatable bonds is 3. The molecular weight excluding hydrogens is 270 g/mol. The molecule has 2 nitrogen and oxygen atoms in total. The Morgan fingerprint density at radius 1 is 1.05 bits per heavy atom. The van der Waals surface area contributed by atoms with E-state index < -0.39 is 0 Å². The molecule has 0 saturated heterocycles. The predicted molar refractivity (Wildman–Crippen MR) is 82.0 cm³/mol. The zero-order valence-electron chi connectivity index (χ0n) is 11.1. The number of nitrogens with one attached hydrogen (secondary N) is 1.